The predicted molar refractivity (Wildman–Crippen MR) is 104 cm³/mol. The third kappa shape index (κ3) is 2.99. The van der Waals surface area contributed by atoms with Crippen LogP contribution in [0.25, 0.3) is 11.1 Å². The van der Waals surface area contributed by atoms with Crippen molar-refractivity contribution in [2.75, 3.05) is 0 Å². The summed E-state index contributed by atoms with van der Waals surface area (Å²) in [5, 5.41) is 0. The SMILES string of the molecule is CC1(C)C[C@H]2OC(=O)O[C@H]2[C@]2(C1)OCc1cc(-c3ccccc3C=O)ccc1O2. The van der Waals surface area contributed by atoms with Crippen molar-refractivity contribution in [3.05, 3.63) is 53.6 Å². The Morgan fingerprint density at radius 1 is 1.10 bits per heavy atom. The predicted octanol–water partition coefficient (Wildman–Crippen LogP) is 4.50. The lowest BCUT2D eigenvalue weighted by Crippen LogP contribution is -2.61. The molecule has 0 amide bonds. The molecule has 0 N–H and O–H groups in total. The average molecular weight is 394 g/mol. The minimum atomic E-state index is -1.06. The number of aldehydes is 1. The zero-order valence-electron chi connectivity index (χ0n) is 16.3. The highest BCUT2D eigenvalue weighted by Crippen LogP contribution is 2.51. The van der Waals surface area contributed by atoms with E-state index in [2.05, 4.69) is 13.8 Å². The minimum absolute atomic E-state index is 0.129. The zero-order valence-corrected chi connectivity index (χ0v) is 16.3. The van der Waals surface area contributed by atoms with Gasteiger partial charge in [0.1, 0.15) is 11.9 Å². The van der Waals surface area contributed by atoms with Gasteiger partial charge < -0.3 is 18.9 Å². The van der Waals surface area contributed by atoms with E-state index in [1.807, 2.05) is 36.4 Å². The molecule has 0 unspecified atom stereocenters. The van der Waals surface area contributed by atoms with Crippen LogP contribution in [-0.2, 0) is 20.8 Å². The lowest BCUT2D eigenvalue weighted by atomic mass is 9.71. The number of fused-ring (bicyclic) bond motifs is 3. The molecule has 6 heteroatoms. The lowest BCUT2D eigenvalue weighted by Gasteiger charge is -2.49. The smallest absolute Gasteiger partial charge is 0.458 e. The van der Waals surface area contributed by atoms with E-state index in [1.165, 1.54) is 0 Å². The van der Waals surface area contributed by atoms with Crippen molar-refractivity contribution in [3.8, 4) is 16.9 Å². The zero-order chi connectivity index (χ0) is 20.2. The summed E-state index contributed by atoms with van der Waals surface area (Å²) < 4.78 is 23.4. The standard InChI is InChI=1S/C23H22O6/c1-22(2)10-19-20(28-21(25)27-19)23(13-22)26-12-16-9-14(7-8-18(16)29-23)17-6-4-3-5-15(17)11-24/h3-9,11,19-20H,10,12-13H2,1-2H3/t19-,20-,23-/m1/s1. The lowest BCUT2D eigenvalue weighted by molar-refractivity contribution is -0.285. The second-order valence-electron chi connectivity index (χ2n) is 8.72. The fraction of sp³-hybridized carbons (Fsp3) is 0.391. The van der Waals surface area contributed by atoms with Gasteiger partial charge in [-0.3, -0.25) is 4.79 Å². The van der Waals surface area contributed by atoms with E-state index < -0.39 is 18.0 Å². The maximum absolute atomic E-state index is 11.8. The topological polar surface area (TPSA) is 71.1 Å². The molecule has 150 valence electrons. The highest BCUT2D eigenvalue weighted by molar-refractivity contribution is 5.87. The van der Waals surface area contributed by atoms with Crippen LogP contribution in [0.5, 0.6) is 5.75 Å². The van der Waals surface area contributed by atoms with E-state index in [1.54, 1.807) is 6.07 Å². The van der Waals surface area contributed by atoms with Crippen LogP contribution in [0.1, 0.15) is 42.6 Å². The third-order valence-corrected chi connectivity index (χ3v) is 5.93. The summed E-state index contributed by atoms with van der Waals surface area (Å²) in [5.74, 6) is -0.365. The Labute approximate surface area is 168 Å². The van der Waals surface area contributed by atoms with Crippen LogP contribution in [0.3, 0.4) is 0 Å². The average Bonchev–Trinajstić information content (AvgIpc) is 3.07. The first-order valence-electron chi connectivity index (χ1n) is 9.77. The van der Waals surface area contributed by atoms with Crippen LogP contribution in [0.15, 0.2) is 42.5 Å². The maximum Gasteiger partial charge on any atom is 0.509 e. The molecule has 0 aromatic heterocycles. The van der Waals surface area contributed by atoms with Gasteiger partial charge in [0.15, 0.2) is 6.29 Å². The molecule has 5 rings (SSSR count). The highest BCUT2D eigenvalue weighted by Gasteiger charge is 2.62. The Kier molecular flexibility index (Phi) is 3.96. The molecule has 29 heavy (non-hydrogen) atoms. The molecule has 0 radical (unpaired) electrons. The van der Waals surface area contributed by atoms with E-state index >= 15 is 0 Å². The quantitative estimate of drug-likeness (QED) is 0.552. The second-order valence-corrected chi connectivity index (χ2v) is 8.72. The summed E-state index contributed by atoms with van der Waals surface area (Å²) in [4.78, 5) is 23.2. The van der Waals surface area contributed by atoms with Crippen LogP contribution >= 0.6 is 0 Å². The first kappa shape index (κ1) is 18.2. The van der Waals surface area contributed by atoms with Crippen molar-refractivity contribution in [1.29, 1.82) is 0 Å². The molecule has 1 saturated heterocycles. The van der Waals surface area contributed by atoms with Gasteiger partial charge in [-0.25, -0.2) is 4.79 Å². The number of carbonyl (C=O) groups is 2. The van der Waals surface area contributed by atoms with Crippen molar-refractivity contribution in [2.24, 2.45) is 5.41 Å². The summed E-state index contributed by atoms with van der Waals surface area (Å²) in [6.07, 6.45) is 0.503. The Bertz CT molecular complexity index is 997. The van der Waals surface area contributed by atoms with Crippen molar-refractivity contribution >= 4 is 12.4 Å². The summed E-state index contributed by atoms with van der Waals surface area (Å²) in [6, 6.07) is 13.3. The summed E-state index contributed by atoms with van der Waals surface area (Å²) in [7, 11) is 0. The Hall–Kier alpha value is -2.86. The van der Waals surface area contributed by atoms with Crippen molar-refractivity contribution < 1.29 is 28.5 Å². The van der Waals surface area contributed by atoms with Gasteiger partial charge in [-0.15, -0.1) is 0 Å². The molecule has 2 aromatic rings. The maximum atomic E-state index is 11.8. The van der Waals surface area contributed by atoms with E-state index in [0.717, 1.165) is 23.0 Å². The fourth-order valence-electron chi connectivity index (χ4n) is 4.76. The molecular weight excluding hydrogens is 372 g/mol. The largest absolute Gasteiger partial charge is 0.509 e. The van der Waals surface area contributed by atoms with Gasteiger partial charge >= 0.3 is 6.16 Å². The first-order chi connectivity index (χ1) is 13.9. The monoisotopic (exact) mass is 394 g/mol. The van der Waals surface area contributed by atoms with Crippen LogP contribution in [-0.4, -0.2) is 30.4 Å². The van der Waals surface area contributed by atoms with Gasteiger partial charge in [0, 0.05) is 17.5 Å². The number of ether oxygens (including phenoxy) is 4. The molecule has 2 aromatic carbocycles. The van der Waals surface area contributed by atoms with E-state index in [0.29, 0.717) is 30.8 Å². The number of rotatable bonds is 2. The fourth-order valence-corrected chi connectivity index (χ4v) is 4.76. The van der Waals surface area contributed by atoms with Crippen LogP contribution in [0, 0.1) is 5.41 Å². The minimum Gasteiger partial charge on any atom is -0.458 e. The molecule has 1 aliphatic carbocycles. The van der Waals surface area contributed by atoms with Gasteiger partial charge in [-0.2, -0.15) is 0 Å². The number of hydrogen-bond acceptors (Lipinski definition) is 6. The second kappa shape index (κ2) is 6.32. The molecule has 1 saturated carbocycles. The molecular formula is C23H22O6. The van der Waals surface area contributed by atoms with Crippen LogP contribution < -0.4 is 4.74 Å². The highest BCUT2D eigenvalue weighted by atomic mass is 16.8. The van der Waals surface area contributed by atoms with Gasteiger partial charge in [-0.05, 0) is 35.1 Å². The van der Waals surface area contributed by atoms with Gasteiger partial charge in [0.05, 0.1) is 6.61 Å². The molecule has 1 spiro atoms. The summed E-state index contributed by atoms with van der Waals surface area (Å²) in [5.41, 5.74) is 3.18. The number of carbonyl (C=O) groups excluding carboxylic acids is 2. The van der Waals surface area contributed by atoms with Crippen molar-refractivity contribution in [2.45, 2.75) is 51.3 Å². The normalized spacial score (nSPS) is 29.2. The number of benzene rings is 2. The van der Waals surface area contributed by atoms with Crippen LogP contribution in [0.2, 0.25) is 0 Å². The molecule has 2 aliphatic heterocycles. The van der Waals surface area contributed by atoms with Crippen molar-refractivity contribution in [3.63, 3.8) is 0 Å². The van der Waals surface area contributed by atoms with Gasteiger partial charge in [0.25, 0.3) is 5.79 Å². The van der Waals surface area contributed by atoms with Crippen LogP contribution in [0.4, 0.5) is 4.79 Å². The third-order valence-electron chi connectivity index (χ3n) is 5.93. The van der Waals surface area contributed by atoms with E-state index in [4.69, 9.17) is 18.9 Å². The molecule has 3 atom stereocenters. The Morgan fingerprint density at radius 3 is 2.76 bits per heavy atom. The molecule has 2 heterocycles. The Morgan fingerprint density at radius 2 is 1.93 bits per heavy atom. The molecule has 2 fully saturated rings. The Balaban J connectivity index is 1.50. The summed E-state index contributed by atoms with van der Waals surface area (Å²) >= 11 is 0. The van der Waals surface area contributed by atoms with E-state index in [9.17, 15) is 9.59 Å². The molecule has 6 nitrogen and oxygen atoms in total. The summed E-state index contributed by atoms with van der Waals surface area (Å²) in [6.45, 7) is 4.54. The van der Waals surface area contributed by atoms with E-state index in [-0.39, 0.29) is 11.5 Å². The molecule has 0 bridgehead atoms. The molecule has 3 aliphatic rings. The van der Waals surface area contributed by atoms with Crippen molar-refractivity contribution in [1.82, 2.24) is 0 Å². The van der Waals surface area contributed by atoms with Gasteiger partial charge in [0.2, 0.25) is 6.10 Å². The van der Waals surface area contributed by atoms with Gasteiger partial charge in [-0.1, -0.05) is 44.2 Å². The first-order valence-corrected chi connectivity index (χ1v) is 9.77. The number of hydrogen-bond donors (Lipinski definition) is 0.